The van der Waals surface area contributed by atoms with Crippen LogP contribution in [-0.4, -0.2) is 19.5 Å². The SMILES string of the molecule is O=[N+]([O-])c1ccc2nc(-c3ccc(F)c(F)c3)nn2c1. The Morgan fingerprint density at radius 2 is 1.95 bits per heavy atom. The van der Waals surface area contributed by atoms with E-state index in [0.717, 1.165) is 12.1 Å². The van der Waals surface area contributed by atoms with Gasteiger partial charge in [0.25, 0.3) is 5.69 Å². The largest absolute Gasteiger partial charge is 0.287 e. The predicted octanol–water partition coefficient (Wildman–Crippen LogP) is 2.58. The molecule has 3 aromatic rings. The van der Waals surface area contributed by atoms with E-state index in [9.17, 15) is 18.9 Å². The van der Waals surface area contributed by atoms with Crippen LogP contribution < -0.4 is 0 Å². The molecule has 8 heteroatoms. The lowest BCUT2D eigenvalue weighted by molar-refractivity contribution is -0.385. The average molecular weight is 276 g/mol. The van der Waals surface area contributed by atoms with Crippen LogP contribution in [0.2, 0.25) is 0 Å². The van der Waals surface area contributed by atoms with E-state index in [1.165, 1.54) is 28.9 Å². The Balaban J connectivity index is 2.12. The minimum absolute atomic E-state index is 0.140. The summed E-state index contributed by atoms with van der Waals surface area (Å²) in [5.74, 6) is -1.81. The molecule has 0 radical (unpaired) electrons. The number of nitro groups is 1. The molecule has 0 saturated heterocycles. The number of benzene rings is 1. The number of halogens is 2. The van der Waals surface area contributed by atoms with Crippen LogP contribution in [0.1, 0.15) is 0 Å². The fourth-order valence-electron chi connectivity index (χ4n) is 1.74. The number of nitrogens with zero attached hydrogens (tertiary/aromatic N) is 4. The summed E-state index contributed by atoms with van der Waals surface area (Å²) in [5, 5.41) is 14.7. The van der Waals surface area contributed by atoms with Gasteiger partial charge in [0.1, 0.15) is 6.20 Å². The van der Waals surface area contributed by atoms with E-state index >= 15 is 0 Å². The highest BCUT2D eigenvalue weighted by Gasteiger charge is 2.12. The molecule has 0 fully saturated rings. The van der Waals surface area contributed by atoms with E-state index in [4.69, 9.17) is 0 Å². The lowest BCUT2D eigenvalue weighted by atomic mass is 10.2. The number of aromatic nitrogens is 3. The Morgan fingerprint density at radius 1 is 1.15 bits per heavy atom. The predicted molar refractivity (Wildman–Crippen MR) is 65.0 cm³/mol. The minimum Gasteiger partial charge on any atom is -0.258 e. The van der Waals surface area contributed by atoms with Crippen molar-refractivity contribution in [2.75, 3.05) is 0 Å². The third-order valence-electron chi connectivity index (χ3n) is 2.70. The summed E-state index contributed by atoms with van der Waals surface area (Å²) >= 11 is 0. The lowest BCUT2D eigenvalue weighted by Crippen LogP contribution is -1.93. The van der Waals surface area contributed by atoms with E-state index in [1.54, 1.807) is 0 Å². The molecule has 3 rings (SSSR count). The molecule has 0 atom stereocenters. The zero-order valence-corrected chi connectivity index (χ0v) is 9.83. The van der Waals surface area contributed by atoms with Gasteiger partial charge in [-0.15, -0.1) is 5.10 Å². The molecule has 0 saturated carbocycles. The number of hydrogen-bond acceptors (Lipinski definition) is 4. The molecule has 0 amide bonds. The van der Waals surface area contributed by atoms with Gasteiger partial charge in [-0.25, -0.2) is 18.3 Å². The van der Waals surface area contributed by atoms with Gasteiger partial charge in [0.05, 0.1) is 4.92 Å². The first-order valence-corrected chi connectivity index (χ1v) is 5.51. The van der Waals surface area contributed by atoms with E-state index in [1.807, 2.05) is 0 Å². The van der Waals surface area contributed by atoms with Crippen LogP contribution in [0, 0.1) is 21.7 Å². The fraction of sp³-hybridized carbons (Fsp3) is 0. The Bertz CT molecular complexity index is 831. The number of rotatable bonds is 2. The second-order valence-corrected chi connectivity index (χ2v) is 4.01. The molecule has 0 aliphatic carbocycles. The normalized spacial score (nSPS) is 10.9. The van der Waals surface area contributed by atoms with Crippen LogP contribution in [0.25, 0.3) is 17.0 Å². The average Bonchev–Trinajstić information content (AvgIpc) is 2.84. The highest BCUT2D eigenvalue weighted by Crippen LogP contribution is 2.20. The molecule has 0 N–H and O–H groups in total. The second kappa shape index (κ2) is 4.34. The Hall–Kier alpha value is -2.90. The smallest absolute Gasteiger partial charge is 0.258 e. The number of fused-ring (bicyclic) bond motifs is 1. The third kappa shape index (κ3) is 1.96. The lowest BCUT2D eigenvalue weighted by Gasteiger charge is -1.95. The minimum atomic E-state index is -1.01. The molecule has 0 aliphatic rings. The molecule has 2 heterocycles. The molecule has 0 spiro atoms. The van der Waals surface area contributed by atoms with Crippen molar-refractivity contribution in [3.05, 3.63) is 58.3 Å². The molecule has 100 valence electrons. The van der Waals surface area contributed by atoms with Crippen LogP contribution in [0.4, 0.5) is 14.5 Å². The zero-order chi connectivity index (χ0) is 14.3. The van der Waals surface area contributed by atoms with E-state index in [2.05, 4.69) is 10.1 Å². The molecule has 2 aromatic heterocycles. The van der Waals surface area contributed by atoms with Crippen LogP contribution in [0.15, 0.2) is 36.5 Å². The summed E-state index contributed by atoms with van der Waals surface area (Å²) in [6.07, 6.45) is 1.20. The molecule has 6 nitrogen and oxygen atoms in total. The summed E-state index contributed by atoms with van der Waals surface area (Å²) in [7, 11) is 0. The van der Waals surface area contributed by atoms with Gasteiger partial charge >= 0.3 is 0 Å². The summed E-state index contributed by atoms with van der Waals surface area (Å²) in [6.45, 7) is 0. The maximum absolute atomic E-state index is 13.2. The van der Waals surface area contributed by atoms with Crippen molar-refractivity contribution in [3.8, 4) is 11.4 Å². The van der Waals surface area contributed by atoms with Crippen LogP contribution in [0.3, 0.4) is 0 Å². The van der Waals surface area contributed by atoms with E-state index < -0.39 is 16.6 Å². The first-order valence-electron chi connectivity index (χ1n) is 5.51. The van der Waals surface area contributed by atoms with Gasteiger partial charge in [0.2, 0.25) is 0 Å². The van der Waals surface area contributed by atoms with E-state index in [0.29, 0.717) is 5.65 Å². The van der Waals surface area contributed by atoms with Gasteiger partial charge in [0.15, 0.2) is 23.1 Å². The van der Waals surface area contributed by atoms with Crippen LogP contribution >= 0.6 is 0 Å². The van der Waals surface area contributed by atoms with Gasteiger partial charge < -0.3 is 0 Å². The first-order chi connectivity index (χ1) is 9.54. The van der Waals surface area contributed by atoms with Crippen LogP contribution in [-0.2, 0) is 0 Å². The van der Waals surface area contributed by atoms with Crippen molar-refractivity contribution < 1.29 is 13.7 Å². The summed E-state index contributed by atoms with van der Waals surface area (Å²) in [4.78, 5) is 14.2. The van der Waals surface area contributed by atoms with Crippen molar-refractivity contribution in [1.29, 1.82) is 0 Å². The van der Waals surface area contributed by atoms with Crippen molar-refractivity contribution in [3.63, 3.8) is 0 Å². The van der Waals surface area contributed by atoms with Crippen LogP contribution in [0.5, 0.6) is 0 Å². The topological polar surface area (TPSA) is 73.3 Å². The summed E-state index contributed by atoms with van der Waals surface area (Å²) in [6, 6.07) is 5.99. The molecule has 0 bridgehead atoms. The Labute approximate surface area is 110 Å². The molecule has 0 aliphatic heterocycles. The third-order valence-corrected chi connectivity index (χ3v) is 2.70. The Morgan fingerprint density at radius 3 is 2.65 bits per heavy atom. The summed E-state index contributed by atoms with van der Waals surface area (Å²) < 4.78 is 27.2. The number of pyridine rings is 1. The van der Waals surface area contributed by atoms with Crippen molar-refractivity contribution in [2.45, 2.75) is 0 Å². The maximum Gasteiger partial charge on any atom is 0.287 e. The standard InChI is InChI=1S/C12H6F2N4O2/c13-9-3-1-7(5-10(9)14)12-15-11-4-2-8(18(19)20)6-17(11)16-12/h1-6H. The molecular formula is C12H6F2N4O2. The molecule has 0 unspecified atom stereocenters. The van der Waals surface area contributed by atoms with Crippen molar-refractivity contribution in [2.24, 2.45) is 0 Å². The highest BCUT2D eigenvalue weighted by molar-refractivity contribution is 5.58. The van der Waals surface area contributed by atoms with Crippen molar-refractivity contribution in [1.82, 2.24) is 14.6 Å². The monoisotopic (exact) mass is 276 g/mol. The van der Waals surface area contributed by atoms with Gasteiger partial charge in [-0.2, -0.15) is 0 Å². The van der Waals surface area contributed by atoms with Gasteiger partial charge in [-0.05, 0) is 24.3 Å². The molecule has 1 aromatic carbocycles. The highest BCUT2D eigenvalue weighted by atomic mass is 19.2. The Kier molecular flexibility index (Phi) is 2.63. The van der Waals surface area contributed by atoms with Gasteiger partial charge in [-0.1, -0.05) is 0 Å². The van der Waals surface area contributed by atoms with Gasteiger partial charge in [-0.3, -0.25) is 10.1 Å². The maximum atomic E-state index is 13.2. The quantitative estimate of drug-likeness (QED) is 0.532. The zero-order valence-electron chi connectivity index (χ0n) is 9.83. The van der Waals surface area contributed by atoms with E-state index in [-0.39, 0.29) is 17.1 Å². The fourth-order valence-corrected chi connectivity index (χ4v) is 1.74. The summed E-state index contributed by atoms with van der Waals surface area (Å²) in [5.41, 5.74) is 0.518. The molecule has 20 heavy (non-hydrogen) atoms. The second-order valence-electron chi connectivity index (χ2n) is 4.01. The van der Waals surface area contributed by atoms with Crippen molar-refractivity contribution >= 4 is 11.3 Å². The number of hydrogen-bond donors (Lipinski definition) is 0. The first kappa shape index (κ1) is 12.2. The van der Waals surface area contributed by atoms with Gasteiger partial charge in [0, 0.05) is 11.6 Å². The molecular weight excluding hydrogens is 270 g/mol.